The van der Waals surface area contributed by atoms with Gasteiger partial charge in [0.05, 0.1) is 5.69 Å². The Morgan fingerprint density at radius 1 is 1.41 bits per heavy atom. The highest BCUT2D eigenvalue weighted by Gasteiger charge is 2.69. The minimum Gasteiger partial charge on any atom is -0.382 e. The first kappa shape index (κ1) is 11.3. The van der Waals surface area contributed by atoms with Gasteiger partial charge in [0.1, 0.15) is 5.60 Å². The van der Waals surface area contributed by atoms with Gasteiger partial charge >= 0.3 is 0 Å². The van der Waals surface area contributed by atoms with Crippen LogP contribution >= 0.6 is 0 Å². The monoisotopic (exact) mass is 234 g/mol. The minimum absolute atomic E-state index is 0.00889. The lowest BCUT2D eigenvalue weighted by atomic mass is 9.59. The Morgan fingerprint density at radius 2 is 2.12 bits per heavy atom. The first-order valence-corrected chi connectivity index (χ1v) is 6.54. The van der Waals surface area contributed by atoms with Gasteiger partial charge in [-0.05, 0) is 31.2 Å². The maximum Gasteiger partial charge on any atom is 0.117 e. The van der Waals surface area contributed by atoms with Crippen molar-refractivity contribution in [2.45, 2.75) is 45.6 Å². The van der Waals surface area contributed by atoms with Crippen LogP contribution in [0.15, 0.2) is 12.3 Å². The molecule has 1 heterocycles. The number of aryl methyl sites for hydroxylation is 1. The molecule has 3 rings (SSSR count). The standard InChI is InChI=1S/C14H22N2O/c1-12(2)10-5-7-13(3,9-10)14(12,17)11-6-8-15-16(11)4/h6,8,10,17H,5,7,9H2,1-4H3. The Hall–Kier alpha value is -0.830. The van der Waals surface area contributed by atoms with E-state index in [-0.39, 0.29) is 10.8 Å². The van der Waals surface area contributed by atoms with Crippen LogP contribution in [-0.4, -0.2) is 14.9 Å². The van der Waals surface area contributed by atoms with Crippen molar-refractivity contribution in [2.75, 3.05) is 0 Å². The Labute approximate surface area is 103 Å². The molecule has 0 radical (unpaired) electrons. The van der Waals surface area contributed by atoms with Gasteiger partial charge in [0.25, 0.3) is 0 Å². The molecule has 2 bridgehead atoms. The van der Waals surface area contributed by atoms with Gasteiger partial charge in [-0.25, -0.2) is 0 Å². The van der Waals surface area contributed by atoms with E-state index in [0.29, 0.717) is 5.92 Å². The molecule has 2 fully saturated rings. The average molecular weight is 234 g/mol. The molecule has 1 aromatic heterocycles. The number of fused-ring (bicyclic) bond motifs is 2. The molecule has 0 spiro atoms. The smallest absolute Gasteiger partial charge is 0.117 e. The Balaban J connectivity index is 2.21. The Morgan fingerprint density at radius 3 is 2.59 bits per heavy atom. The van der Waals surface area contributed by atoms with E-state index in [1.54, 1.807) is 6.20 Å². The third-order valence-electron chi connectivity index (χ3n) is 5.76. The van der Waals surface area contributed by atoms with Crippen LogP contribution in [0.3, 0.4) is 0 Å². The van der Waals surface area contributed by atoms with Gasteiger partial charge in [-0.1, -0.05) is 20.8 Å². The molecule has 17 heavy (non-hydrogen) atoms. The number of aliphatic hydroxyl groups is 1. The third-order valence-corrected chi connectivity index (χ3v) is 5.76. The molecule has 0 saturated heterocycles. The fourth-order valence-electron chi connectivity index (χ4n) is 4.63. The summed E-state index contributed by atoms with van der Waals surface area (Å²) in [5, 5.41) is 15.7. The number of hydrogen-bond acceptors (Lipinski definition) is 2. The second-order valence-electron chi connectivity index (χ2n) is 6.77. The maximum absolute atomic E-state index is 11.4. The van der Waals surface area contributed by atoms with Gasteiger partial charge < -0.3 is 5.11 Å². The van der Waals surface area contributed by atoms with Crippen LogP contribution in [0.25, 0.3) is 0 Å². The summed E-state index contributed by atoms with van der Waals surface area (Å²) in [6.45, 7) is 6.68. The van der Waals surface area contributed by atoms with Gasteiger partial charge in [0.15, 0.2) is 0 Å². The van der Waals surface area contributed by atoms with E-state index in [9.17, 15) is 5.11 Å². The molecule has 3 unspecified atom stereocenters. The largest absolute Gasteiger partial charge is 0.382 e. The molecule has 1 aromatic rings. The normalized spacial score (nSPS) is 43.2. The predicted octanol–water partition coefficient (Wildman–Crippen LogP) is 2.45. The lowest BCUT2D eigenvalue weighted by Gasteiger charge is -2.50. The van der Waals surface area contributed by atoms with Crippen molar-refractivity contribution >= 4 is 0 Å². The van der Waals surface area contributed by atoms with Crippen molar-refractivity contribution in [3.63, 3.8) is 0 Å². The zero-order chi connectivity index (χ0) is 12.5. The van der Waals surface area contributed by atoms with E-state index in [2.05, 4.69) is 25.9 Å². The summed E-state index contributed by atoms with van der Waals surface area (Å²) < 4.78 is 1.84. The molecule has 0 aromatic carbocycles. The molecular formula is C14H22N2O. The van der Waals surface area contributed by atoms with E-state index in [0.717, 1.165) is 18.5 Å². The van der Waals surface area contributed by atoms with Gasteiger partial charge in [0.2, 0.25) is 0 Å². The predicted molar refractivity (Wildman–Crippen MR) is 66.3 cm³/mol. The minimum atomic E-state index is -0.742. The summed E-state index contributed by atoms with van der Waals surface area (Å²) in [7, 11) is 1.93. The van der Waals surface area contributed by atoms with E-state index in [4.69, 9.17) is 0 Å². The molecular weight excluding hydrogens is 212 g/mol. The van der Waals surface area contributed by atoms with Crippen LogP contribution in [0.4, 0.5) is 0 Å². The van der Waals surface area contributed by atoms with Crippen molar-refractivity contribution in [2.24, 2.45) is 23.8 Å². The second kappa shape index (κ2) is 2.94. The quantitative estimate of drug-likeness (QED) is 0.810. The van der Waals surface area contributed by atoms with Crippen molar-refractivity contribution in [3.05, 3.63) is 18.0 Å². The first-order chi connectivity index (χ1) is 7.83. The fourth-order valence-corrected chi connectivity index (χ4v) is 4.63. The highest BCUT2D eigenvalue weighted by molar-refractivity contribution is 5.28. The summed E-state index contributed by atoms with van der Waals surface area (Å²) in [5.41, 5.74) is 0.184. The van der Waals surface area contributed by atoms with E-state index < -0.39 is 5.60 Å². The molecule has 2 saturated carbocycles. The van der Waals surface area contributed by atoms with Gasteiger partial charge in [-0.3, -0.25) is 4.68 Å². The van der Waals surface area contributed by atoms with Crippen molar-refractivity contribution in [1.82, 2.24) is 9.78 Å². The molecule has 2 aliphatic carbocycles. The van der Waals surface area contributed by atoms with Gasteiger partial charge in [0, 0.05) is 24.1 Å². The Kier molecular flexibility index (Phi) is 1.95. The SMILES string of the molecule is Cn1nccc1C1(O)C2(C)CCC(C2)C1(C)C. The van der Waals surface area contributed by atoms with Crippen LogP contribution in [0.5, 0.6) is 0 Å². The third kappa shape index (κ3) is 1.05. The van der Waals surface area contributed by atoms with Crippen LogP contribution in [0.2, 0.25) is 0 Å². The molecule has 3 atom stereocenters. The number of nitrogens with zero attached hydrogens (tertiary/aromatic N) is 2. The second-order valence-corrected chi connectivity index (χ2v) is 6.77. The molecule has 94 valence electrons. The lowest BCUT2D eigenvalue weighted by molar-refractivity contribution is -0.155. The summed E-state index contributed by atoms with van der Waals surface area (Å²) in [6.07, 6.45) is 5.31. The van der Waals surface area contributed by atoms with Gasteiger partial charge in [-0.2, -0.15) is 5.10 Å². The molecule has 0 amide bonds. The maximum atomic E-state index is 11.4. The molecule has 1 N–H and O–H groups in total. The van der Waals surface area contributed by atoms with Crippen LogP contribution in [0, 0.1) is 16.7 Å². The highest BCUT2D eigenvalue weighted by atomic mass is 16.3. The molecule has 2 aliphatic rings. The van der Waals surface area contributed by atoms with Crippen LogP contribution < -0.4 is 0 Å². The first-order valence-electron chi connectivity index (χ1n) is 6.54. The van der Waals surface area contributed by atoms with E-state index in [1.165, 1.54) is 6.42 Å². The average Bonchev–Trinajstić information content (AvgIpc) is 2.86. The number of rotatable bonds is 1. The number of hydrogen-bond donors (Lipinski definition) is 1. The molecule has 3 nitrogen and oxygen atoms in total. The summed E-state index contributed by atoms with van der Waals surface area (Å²) >= 11 is 0. The highest BCUT2D eigenvalue weighted by Crippen LogP contribution is 2.71. The van der Waals surface area contributed by atoms with Gasteiger partial charge in [-0.15, -0.1) is 0 Å². The van der Waals surface area contributed by atoms with Crippen LogP contribution in [0.1, 0.15) is 45.7 Å². The molecule has 0 aliphatic heterocycles. The van der Waals surface area contributed by atoms with E-state index >= 15 is 0 Å². The van der Waals surface area contributed by atoms with E-state index in [1.807, 2.05) is 17.8 Å². The Bertz CT molecular complexity index is 458. The zero-order valence-corrected chi connectivity index (χ0v) is 11.2. The van der Waals surface area contributed by atoms with Crippen molar-refractivity contribution in [3.8, 4) is 0 Å². The van der Waals surface area contributed by atoms with Crippen molar-refractivity contribution < 1.29 is 5.11 Å². The number of aromatic nitrogens is 2. The van der Waals surface area contributed by atoms with Crippen molar-refractivity contribution in [1.29, 1.82) is 0 Å². The molecule has 3 heteroatoms. The summed E-state index contributed by atoms with van der Waals surface area (Å²) in [5.74, 6) is 0.632. The lowest BCUT2D eigenvalue weighted by Crippen LogP contribution is -2.52. The summed E-state index contributed by atoms with van der Waals surface area (Å²) in [6, 6.07) is 1.98. The fraction of sp³-hybridized carbons (Fsp3) is 0.786. The summed E-state index contributed by atoms with van der Waals surface area (Å²) in [4.78, 5) is 0. The topological polar surface area (TPSA) is 38.0 Å². The van der Waals surface area contributed by atoms with Crippen LogP contribution in [-0.2, 0) is 12.6 Å². The zero-order valence-electron chi connectivity index (χ0n) is 11.2.